The Labute approximate surface area is 113 Å². The van der Waals surface area contributed by atoms with E-state index in [1.165, 1.54) is 6.07 Å². The number of aryl methyl sites for hydroxylation is 1. The lowest BCUT2D eigenvalue weighted by Gasteiger charge is -2.12. The van der Waals surface area contributed by atoms with E-state index in [1.807, 2.05) is 0 Å². The van der Waals surface area contributed by atoms with Crippen LogP contribution >= 0.6 is 0 Å². The molecule has 0 heterocycles. The molecule has 0 fully saturated rings. The van der Waals surface area contributed by atoms with Crippen molar-refractivity contribution in [2.75, 3.05) is 0 Å². The van der Waals surface area contributed by atoms with Gasteiger partial charge in [0, 0.05) is 0 Å². The summed E-state index contributed by atoms with van der Waals surface area (Å²) >= 11 is 0. The number of phenolic OH excluding ortho intramolecular Hbond substituents is 1. The number of benzene rings is 1. The Morgan fingerprint density at radius 3 is 2.58 bits per heavy atom. The highest BCUT2D eigenvalue weighted by atomic mass is 32.2. The van der Waals surface area contributed by atoms with E-state index in [4.69, 9.17) is 4.55 Å². The summed E-state index contributed by atoms with van der Waals surface area (Å²) in [6.07, 6.45) is 2.25. The molecule has 1 aromatic carbocycles. The van der Waals surface area contributed by atoms with Crippen molar-refractivity contribution in [3.63, 3.8) is 0 Å². The highest BCUT2D eigenvalue weighted by Gasteiger charge is 2.20. The molecular formula is C13H18O5S. The molecule has 6 heteroatoms. The van der Waals surface area contributed by atoms with Gasteiger partial charge in [-0.3, -0.25) is 9.35 Å². The van der Waals surface area contributed by atoms with Gasteiger partial charge >= 0.3 is 0 Å². The summed E-state index contributed by atoms with van der Waals surface area (Å²) in [6, 6.07) is 4.79. The minimum atomic E-state index is -4.01. The van der Waals surface area contributed by atoms with Crippen LogP contribution in [0.2, 0.25) is 0 Å². The van der Waals surface area contributed by atoms with Crippen LogP contribution in [0.25, 0.3) is 0 Å². The molecule has 2 N–H and O–H groups in total. The molecule has 1 aromatic rings. The van der Waals surface area contributed by atoms with Crippen molar-refractivity contribution in [1.29, 1.82) is 0 Å². The molecule has 19 heavy (non-hydrogen) atoms. The zero-order chi connectivity index (χ0) is 14.5. The molecule has 0 saturated carbocycles. The Balaban J connectivity index is 2.68. The normalized spacial score (nSPS) is 13.2. The molecule has 0 bridgehead atoms. The van der Waals surface area contributed by atoms with Gasteiger partial charge in [-0.15, -0.1) is 0 Å². The first-order valence-electron chi connectivity index (χ1n) is 6.12. The number of phenols is 1. The van der Waals surface area contributed by atoms with Crippen molar-refractivity contribution in [3.05, 3.63) is 29.3 Å². The highest BCUT2D eigenvalue weighted by Crippen LogP contribution is 2.21. The summed E-state index contributed by atoms with van der Waals surface area (Å²) in [7, 11) is -4.01. The fourth-order valence-corrected chi connectivity index (χ4v) is 2.92. The molecule has 0 radical (unpaired) electrons. The molecule has 106 valence electrons. The zero-order valence-electron chi connectivity index (χ0n) is 10.7. The quantitative estimate of drug-likeness (QED) is 0.592. The molecule has 0 spiro atoms. The Kier molecular flexibility index (Phi) is 5.50. The number of rotatable bonds is 7. The summed E-state index contributed by atoms with van der Waals surface area (Å²) in [4.78, 5) is 10.9. The van der Waals surface area contributed by atoms with Gasteiger partial charge in [-0.1, -0.05) is 19.1 Å². The lowest BCUT2D eigenvalue weighted by Crippen LogP contribution is -2.19. The average molecular weight is 286 g/mol. The number of hydrogen-bond donors (Lipinski definition) is 2. The fraction of sp³-hybridized carbons (Fsp3) is 0.462. The molecular weight excluding hydrogens is 268 g/mol. The molecule has 0 aliphatic rings. The number of hydrogen-bond acceptors (Lipinski definition) is 4. The largest absolute Gasteiger partial charge is 0.507 e. The van der Waals surface area contributed by atoms with Crippen molar-refractivity contribution < 1.29 is 22.9 Å². The van der Waals surface area contributed by atoms with Gasteiger partial charge in [-0.2, -0.15) is 8.42 Å². The van der Waals surface area contributed by atoms with Gasteiger partial charge in [0.2, 0.25) is 0 Å². The summed E-state index contributed by atoms with van der Waals surface area (Å²) in [5.41, 5.74) is 0.919. The van der Waals surface area contributed by atoms with Gasteiger partial charge in [0.05, 0.1) is 10.8 Å². The van der Waals surface area contributed by atoms with Crippen LogP contribution in [0.4, 0.5) is 0 Å². The second-order valence-electron chi connectivity index (χ2n) is 4.41. The van der Waals surface area contributed by atoms with Crippen LogP contribution in [0, 0.1) is 0 Å². The lowest BCUT2D eigenvalue weighted by atomic mass is 10.0. The van der Waals surface area contributed by atoms with Gasteiger partial charge in [0.1, 0.15) is 5.75 Å². The number of carbonyl (C=O) groups excluding carboxylic acids is 1. The number of aromatic hydroxyl groups is 1. The fourth-order valence-electron chi connectivity index (χ4n) is 2.04. The van der Waals surface area contributed by atoms with Crippen molar-refractivity contribution in [2.24, 2.45) is 0 Å². The van der Waals surface area contributed by atoms with E-state index >= 15 is 0 Å². The van der Waals surface area contributed by atoms with E-state index in [-0.39, 0.29) is 11.3 Å². The van der Waals surface area contributed by atoms with Gasteiger partial charge in [0.25, 0.3) is 10.1 Å². The van der Waals surface area contributed by atoms with Gasteiger partial charge in [-0.05, 0) is 37.3 Å². The Bertz CT molecular complexity index is 536. The van der Waals surface area contributed by atoms with Crippen LogP contribution in [0.15, 0.2) is 18.2 Å². The Hall–Kier alpha value is -1.40. The Morgan fingerprint density at radius 2 is 2.05 bits per heavy atom. The van der Waals surface area contributed by atoms with Crippen LogP contribution < -0.4 is 0 Å². The number of carbonyl (C=O) groups is 1. The second-order valence-corrected chi connectivity index (χ2v) is 6.10. The molecule has 0 aliphatic carbocycles. The number of aldehydes is 1. The molecule has 0 amide bonds. The van der Waals surface area contributed by atoms with Crippen LogP contribution in [-0.2, 0) is 16.5 Å². The van der Waals surface area contributed by atoms with E-state index in [2.05, 4.69) is 0 Å². The van der Waals surface area contributed by atoms with Crippen molar-refractivity contribution in [3.8, 4) is 5.75 Å². The first-order valence-corrected chi connectivity index (χ1v) is 7.62. The maximum Gasteiger partial charge on any atom is 0.267 e. The molecule has 5 nitrogen and oxygen atoms in total. The van der Waals surface area contributed by atoms with Gasteiger partial charge < -0.3 is 5.11 Å². The third-order valence-corrected chi connectivity index (χ3v) is 4.55. The molecule has 1 rings (SSSR count). The Morgan fingerprint density at radius 1 is 1.37 bits per heavy atom. The van der Waals surface area contributed by atoms with Crippen LogP contribution in [0.3, 0.4) is 0 Å². The van der Waals surface area contributed by atoms with E-state index < -0.39 is 15.4 Å². The van der Waals surface area contributed by atoms with Gasteiger partial charge in [-0.25, -0.2) is 0 Å². The maximum atomic E-state index is 11.0. The highest BCUT2D eigenvalue weighted by molar-refractivity contribution is 7.86. The topological polar surface area (TPSA) is 91.7 Å². The SMILES string of the molecule is CCC(CCCc1cccc(O)c1C=O)S(=O)(=O)O. The van der Waals surface area contributed by atoms with Crippen LogP contribution in [0.1, 0.15) is 42.1 Å². The summed E-state index contributed by atoms with van der Waals surface area (Å²) in [5.74, 6) is -0.0747. The molecule has 0 saturated heterocycles. The third-order valence-electron chi connectivity index (χ3n) is 3.14. The van der Waals surface area contributed by atoms with Crippen LogP contribution in [-0.4, -0.2) is 29.6 Å². The third kappa shape index (κ3) is 4.33. The van der Waals surface area contributed by atoms with Crippen molar-refractivity contribution in [2.45, 2.75) is 37.9 Å². The van der Waals surface area contributed by atoms with Crippen molar-refractivity contribution >= 4 is 16.4 Å². The molecule has 0 aromatic heterocycles. The summed E-state index contributed by atoms with van der Waals surface area (Å²) in [6.45, 7) is 1.70. The van der Waals surface area contributed by atoms with Crippen molar-refractivity contribution in [1.82, 2.24) is 0 Å². The summed E-state index contributed by atoms with van der Waals surface area (Å²) in [5, 5.41) is 8.73. The minimum absolute atomic E-state index is 0.0747. The van der Waals surface area contributed by atoms with E-state index in [0.29, 0.717) is 37.5 Å². The standard InChI is InChI=1S/C13H18O5S/c1-2-11(19(16,17)18)7-3-5-10-6-4-8-13(15)12(10)9-14/h4,6,8-9,11,15H,2-3,5,7H2,1H3,(H,16,17,18). The maximum absolute atomic E-state index is 11.0. The van der Waals surface area contributed by atoms with Crippen LogP contribution in [0.5, 0.6) is 5.75 Å². The monoisotopic (exact) mass is 286 g/mol. The zero-order valence-corrected chi connectivity index (χ0v) is 11.6. The predicted octanol–water partition coefficient (Wildman–Crippen LogP) is 2.19. The minimum Gasteiger partial charge on any atom is -0.507 e. The molecule has 1 unspecified atom stereocenters. The van der Waals surface area contributed by atoms with Gasteiger partial charge in [0.15, 0.2) is 6.29 Å². The molecule has 0 aliphatic heterocycles. The summed E-state index contributed by atoms with van der Waals surface area (Å²) < 4.78 is 31.1. The second kappa shape index (κ2) is 6.68. The first-order chi connectivity index (χ1) is 8.90. The first kappa shape index (κ1) is 15.7. The van der Waals surface area contributed by atoms with E-state index in [9.17, 15) is 18.3 Å². The smallest absolute Gasteiger partial charge is 0.267 e. The predicted molar refractivity (Wildman–Crippen MR) is 72.1 cm³/mol. The average Bonchev–Trinajstić information content (AvgIpc) is 2.33. The van der Waals surface area contributed by atoms with E-state index in [1.54, 1.807) is 19.1 Å². The lowest BCUT2D eigenvalue weighted by molar-refractivity contribution is 0.112. The van der Waals surface area contributed by atoms with E-state index in [0.717, 1.165) is 0 Å². The molecule has 1 atom stereocenters.